The molecule has 0 bridgehead atoms. The summed E-state index contributed by atoms with van der Waals surface area (Å²) in [5.41, 5.74) is 0. The molecule has 1 aliphatic rings. The van der Waals surface area contributed by atoms with Crippen LogP contribution in [0.25, 0.3) is 0 Å². The van der Waals surface area contributed by atoms with E-state index in [-0.39, 0.29) is 17.9 Å². The van der Waals surface area contributed by atoms with Crippen molar-refractivity contribution in [3.63, 3.8) is 0 Å². The molecule has 0 radical (unpaired) electrons. The van der Waals surface area contributed by atoms with Crippen LogP contribution in [-0.4, -0.2) is 11.9 Å². The zero-order valence-electron chi connectivity index (χ0n) is 11.6. The van der Waals surface area contributed by atoms with Gasteiger partial charge in [-0.2, -0.15) is 5.26 Å². The summed E-state index contributed by atoms with van der Waals surface area (Å²) in [7, 11) is 0. The average molecular weight is 250 g/mol. The SMILES string of the molecule is CCCCCCCCC(=O)NC1CCCC1C#N. The largest absolute Gasteiger partial charge is 0.352 e. The van der Waals surface area contributed by atoms with Crippen LogP contribution in [0.2, 0.25) is 0 Å². The van der Waals surface area contributed by atoms with Crippen LogP contribution < -0.4 is 5.32 Å². The summed E-state index contributed by atoms with van der Waals surface area (Å²) < 4.78 is 0. The fraction of sp³-hybridized carbons (Fsp3) is 0.867. The third kappa shape index (κ3) is 5.53. The Labute approximate surface area is 111 Å². The van der Waals surface area contributed by atoms with Gasteiger partial charge in [-0.25, -0.2) is 0 Å². The molecule has 1 fully saturated rings. The van der Waals surface area contributed by atoms with Gasteiger partial charge in [-0.05, 0) is 25.7 Å². The van der Waals surface area contributed by atoms with Crippen molar-refractivity contribution in [1.82, 2.24) is 5.32 Å². The van der Waals surface area contributed by atoms with Crippen molar-refractivity contribution >= 4 is 5.91 Å². The zero-order valence-corrected chi connectivity index (χ0v) is 11.6. The predicted molar refractivity (Wildman–Crippen MR) is 72.9 cm³/mol. The van der Waals surface area contributed by atoms with Crippen molar-refractivity contribution in [2.24, 2.45) is 5.92 Å². The Morgan fingerprint density at radius 2 is 1.94 bits per heavy atom. The maximum Gasteiger partial charge on any atom is 0.220 e. The summed E-state index contributed by atoms with van der Waals surface area (Å²) in [4.78, 5) is 11.7. The minimum atomic E-state index is 0.0403. The van der Waals surface area contributed by atoms with E-state index in [0.717, 1.165) is 32.1 Å². The lowest BCUT2D eigenvalue weighted by Gasteiger charge is -2.15. The smallest absolute Gasteiger partial charge is 0.220 e. The molecule has 0 aromatic rings. The van der Waals surface area contributed by atoms with E-state index >= 15 is 0 Å². The van der Waals surface area contributed by atoms with E-state index in [2.05, 4.69) is 18.3 Å². The number of hydrogen-bond donors (Lipinski definition) is 1. The number of amides is 1. The molecule has 0 spiro atoms. The number of nitrogens with zero attached hydrogens (tertiary/aromatic N) is 1. The Hall–Kier alpha value is -1.04. The standard InChI is InChI=1S/C15H26N2O/c1-2-3-4-5-6-7-11-15(18)17-14-10-8-9-13(14)12-16/h13-14H,2-11H2,1H3,(H,17,18). The number of rotatable bonds is 8. The van der Waals surface area contributed by atoms with Crippen LogP contribution in [0.1, 0.15) is 71.1 Å². The van der Waals surface area contributed by atoms with E-state index in [1.165, 1.54) is 25.7 Å². The molecular formula is C15H26N2O. The van der Waals surface area contributed by atoms with E-state index < -0.39 is 0 Å². The molecule has 102 valence electrons. The summed E-state index contributed by atoms with van der Waals surface area (Å²) >= 11 is 0. The maximum atomic E-state index is 11.7. The lowest BCUT2D eigenvalue weighted by molar-refractivity contribution is -0.122. The van der Waals surface area contributed by atoms with Gasteiger partial charge in [0.25, 0.3) is 0 Å². The van der Waals surface area contributed by atoms with Gasteiger partial charge < -0.3 is 5.32 Å². The summed E-state index contributed by atoms with van der Waals surface area (Å²) in [5.74, 6) is 0.177. The van der Waals surface area contributed by atoms with E-state index in [0.29, 0.717) is 6.42 Å². The molecule has 0 aliphatic heterocycles. The molecule has 2 unspecified atom stereocenters. The second-order valence-corrected chi connectivity index (χ2v) is 5.36. The van der Waals surface area contributed by atoms with Crippen molar-refractivity contribution in [2.45, 2.75) is 77.2 Å². The predicted octanol–water partition coefficient (Wildman–Crippen LogP) is 3.55. The highest BCUT2D eigenvalue weighted by Gasteiger charge is 2.27. The van der Waals surface area contributed by atoms with Crippen molar-refractivity contribution in [3.05, 3.63) is 0 Å². The van der Waals surface area contributed by atoms with Crippen molar-refractivity contribution < 1.29 is 4.79 Å². The molecule has 2 atom stereocenters. The average Bonchev–Trinajstić information content (AvgIpc) is 2.80. The first kappa shape index (κ1) is 15.0. The highest BCUT2D eigenvalue weighted by atomic mass is 16.1. The van der Waals surface area contributed by atoms with Gasteiger partial charge >= 0.3 is 0 Å². The fourth-order valence-electron chi connectivity index (χ4n) is 2.63. The number of carbonyl (C=O) groups excluding carboxylic acids is 1. The topological polar surface area (TPSA) is 52.9 Å². The molecule has 1 N–H and O–H groups in total. The Morgan fingerprint density at radius 1 is 1.22 bits per heavy atom. The van der Waals surface area contributed by atoms with Gasteiger partial charge in [-0.1, -0.05) is 39.0 Å². The van der Waals surface area contributed by atoms with E-state index in [9.17, 15) is 4.79 Å². The minimum absolute atomic E-state index is 0.0403. The molecule has 0 saturated heterocycles. The number of nitrogens with one attached hydrogen (secondary N) is 1. The van der Waals surface area contributed by atoms with Crippen LogP contribution in [0, 0.1) is 17.2 Å². The van der Waals surface area contributed by atoms with Gasteiger partial charge in [0.05, 0.1) is 12.0 Å². The van der Waals surface area contributed by atoms with Crippen LogP contribution in [0.3, 0.4) is 0 Å². The van der Waals surface area contributed by atoms with Crippen molar-refractivity contribution in [3.8, 4) is 6.07 Å². The Balaban J connectivity index is 2.05. The summed E-state index contributed by atoms with van der Waals surface area (Å²) in [5, 5.41) is 12.0. The van der Waals surface area contributed by atoms with E-state index in [1.54, 1.807) is 0 Å². The monoisotopic (exact) mass is 250 g/mol. The summed E-state index contributed by atoms with van der Waals surface area (Å²) in [6.45, 7) is 2.21. The van der Waals surface area contributed by atoms with Gasteiger partial charge in [0.15, 0.2) is 0 Å². The molecule has 1 saturated carbocycles. The molecule has 1 rings (SSSR count). The number of hydrogen-bond acceptors (Lipinski definition) is 2. The highest BCUT2D eigenvalue weighted by Crippen LogP contribution is 2.24. The van der Waals surface area contributed by atoms with Crippen LogP contribution >= 0.6 is 0 Å². The first-order chi connectivity index (χ1) is 8.77. The first-order valence-corrected chi connectivity index (χ1v) is 7.47. The number of nitriles is 1. The maximum absolute atomic E-state index is 11.7. The van der Waals surface area contributed by atoms with Crippen molar-refractivity contribution in [2.75, 3.05) is 0 Å². The lowest BCUT2D eigenvalue weighted by atomic mass is 10.1. The molecule has 0 heterocycles. The lowest BCUT2D eigenvalue weighted by Crippen LogP contribution is -2.36. The summed E-state index contributed by atoms with van der Waals surface area (Å²) in [6.07, 6.45) is 10.8. The Morgan fingerprint density at radius 3 is 2.67 bits per heavy atom. The molecule has 18 heavy (non-hydrogen) atoms. The molecule has 3 heteroatoms. The third-order valence-electron chi connectivity index (χ3n) is 3.79. The molecular weight excluding hydrogens is 224 g/mol. The molecule has 0 aromatic carbocycles. The highest BCUT2D eigenvalue weighted by molar-refractivity contribution is 5.76. The van der Waals surface area contributed by atoms with Gasteiger partial charge in [0.1, 0.15) is 0 Å². The van der Waals surface area contributed by atoms with Gasteiger partial charge in [0.2, 0.25) is 5.91 Å². The van der Waals surface area contributed by atoms with Crippen LogP contribution in [-0.2, 0) is 4.79 Å². The normalized spacial score (nSPS) is 22.7. The molecule has 1 aliphatic carbocycles. The third-order valence-corrected chi connectivity index (χ3v) is 3.79. The zero-order chi connectivity index (χ0) is 13.2. The molecule has 1 amide bonds. The van der Waals surface area contributed by atoms with Crippen LogP contribution in [0.5, 0.6) is 0 Å². The second-order valence-electron chi connectivity index (χ2n) is 5.36. The number of unbranched alkanes of at least 4 members (excludes halogenated alkanes) is 5. The van der Waals surface area contributed by atoms with Gasteiger partial charge in [0, 0.05) is 12.5 Å². The Bertz CT molecular complexity index is 283. The molecule has 0 aromatic heterocycles. The molecule has 3 nitrogen and oxygen atoms in total. The van der Waals surface area contributed by atoms with E-state index in [4.69, 9.17) is 5.26 Å². The quantitative estimate of drug-likeness (QED) is 0.670. The van der Waals surface area contributed by atoms with Gasteiger partial charge in [-0.3, -0.25) is 4.79 Å². The summed E-state index contributed by atoms with van der Waals surface area (Å²) in [6, 6.07) is 2.41. The number of carbonyl (C=O) groups is 1. The first-order valence-electron chi connectivity index (χ1n) is 7.47. The minimum Gasteiger partial charge on any atom is -0.352 e. The fourth-order valence-corrected chi connectivity index (χ4v) is 2.63. The van der Waals surface area contributed by atoms with Gasteiger partial charge in [-0.15, -0.1) is 0 Å². The van der Waals surface area contributed by atoms with Crippen LogP contribution in [0.15, 0.2) is 0 Å². The van der Waals surface area contributed by atoms with Crippen LogP contribution in [0.4, 0.5) is 0 Å². The second kappa shape index (κ2) is 8.97. The van der Waals surface area contributed by atoms with E-state index in [1.807, 2.05) is 0 Å². The van der Waals surface area contributed by atoms with Crippen molar-refractivity contribution in [1.29, 1.82) is 5.26 Å². The Kier molecular flexibility index (Phi) is 7.48.